The number of alkyl carbamates (subject to hydrolysis) is 1. The minimum atomic E-state index is -4.15. The standard InChI is InChI=1S/C31H39N3O7S/c1-7-39-27-19-23(16-17-26(27)40-21(2)3)28(29(35)34-42(37,38)25-14-9-8-10-15-25)33-24-13-11-12-22(18-24)20-32-30(36)41-31(4,5)6/h8-19,21,28,33H,7,20H2,1-6H3,(H,32,36)(H,34,35). The van der Waals surface area contributed by atoms with Crippen molar-refractivity contribution in [1.29, 1.82) is 0 Å². The molecule has 0 radical (unpaired) electrons. The Balaban J connectivity index is 1.93. The third kappa shape index (κ3) is 9.69. The molecule has 3 aromatic carbocycles. The number of sulfonamides is 1. The van der Waals surface area contributed by atoms with Crippen LogP contribution in [0.2, 0.25) is 0 Å². The maximum atomic E-state index is 13.6. The van der Waals surface area contributed by atoms with E-state index in [1.54, 1.807) is 75.4 Å². The molecular weight excluding hydrogens is 558 g/mol. The number of ether oxygens (including phenoxy) is 3. The van der Waals surface area contributed by atoms with Gasteiger partial charge in [-0.05, 0) is 89.1 Å². The zero-order valence-corrected chi connectivity index (χ0v) is 25.6. The molecule has 3 aromatic rings. The predicted molar refractivity (Wildman–Crippen MR) is 161 cm³/mol. The SMILES string of the molecule is CCOc1cc(C(Nc2cccc(CNC(=O)OC(C)(C)C)c2)C(=O)NS(=O)(=O)c2ccccc2)ccc1OC(C)C. The van der Waals surface area contributed by atoms with Gasteiger partial charge in [0, 0.05) is 12.2 Å². The molecule has 0 aliphatic rings. The third-order valence-electron chi connectivity index (χ3n) is 5.59. The quantitative estimate of drug-likeness (QED) is 0.247. The summed E-state index contributed by atoms with van der Waals surface area (Å²) < 4.78 is 45.2. The van der Waals surface area contributed by atoms with Crippen molar-refractivity contribution < 1.29 is 32.2 Å². The van der Waals surface area contributed by atoms with Crippen molar-refractivity contribution in [3.8, 4) is 11.5 Å². The van der Waals surface area contributed by atoms with Crippen molar-refractivity contribution in [3.63, 3.8) is 0 Å². The van der Waals surface area contributed by atoms with Crippen LogP contribution < -0.4 is 24.8 Å². The van der Waals surface area contributed by atoms with Crippen molar-refractivity contribution >= 4 is 27.7 Å². The Morgan fingerprint density at radius 1 is 0.905 bits per heavy atom. The molecule has 0 saturated carbocycles. The molecule has 42 heavy (non-hydrogen) atoms. The van der Waals surface area contributed by atoms with Gasteiger partial charge in [0.25, 0.3) is 15.9 Å². The number of anilines is 1. The summed E-state index contributed by atoms with van der Waals surface area (Å²) in [4.78, 5) is 25.7. The number of carbonyl (C=O) groups excluding carboxylic acids is 2. The van der Waals surface area contributed by atoms with E-state index in [4.69, 9.17) is 14.2 Å². The first kappa shape index (κ1) is 32.3. The first-order valence-electron chi connectivity index (χ1n) is 13.6. The summed E-state index contributed by atoms with van der Waals surface area (Å²) in [6.45, 7) is 11.5. The minimum absolute atomic E-state index is 0.0389. The largest absolute Gasteiger partial charge is 0.490 e. The average molecular weight is 598 g/mol. The molecule has 10 nitrogen and oxygen atoms in total. The van der Waals surface area contributed by atoms with Crippen molar-refractivity contribution in [2.75, 3.05) is 11.9 Å². The second kappa shape index (κ2) is 14.1. The van der Waals surface area contributed by atoms with Gasteiger partial charge in [-0.25, -0.2) is 17.9 Å². The molecule has 226 valence electrons. The van der Waals surface area contributed by atoms with Crippen molar-refractivity contribution in [1.82, 2.24) is 10.0 Å². The number of rotatable bonds is 12. The number of benzene rings is 3. The Morgan fingerprint density at radius 2 is 1.62 bits per heavy atom. The van der Waals surface area contributed by atoms with Crippen LogP contribution in [0.15, 0.2) is 77.7 Å². The van der Waals surface area contributed by atoms with Gasteiger partial charge in [0.1, 0.15) is 11.6 Å². The predicted octanol–water partition coefficient (Wildman–Crippen LogP) is 5.56. The van der Waals surface area contributed by atoms with Gasteiger partial charge < -0.3 is 24.8 Å². The number of amides is 2. The second-order valence-electron chi connectivity index (χ2n) is 10.7. The number of hydrogen-bond donors (Lipinski definition) is 3. The average Bonchev–Trinajstić information content (AvgIpc) is 2.91. The van der Waals surface area contributed by atoms with Gasteiger partial charge in [0.05, 0.1) is 17.6 Å². The summed E-state index contributed by atoms with van der Waals surface area (Å²) in [6.07, 6.45) is -0.670. The highest BCUT2D eigenvalue weighted by Crippen LogP contribution is 2.33. The highest BCUT2D eigenvalue weighted by molar-refractivity contribution is 7.90. The molecule has 3 N–H and O–H groups in total. The van der Waals surface area contributed by atoms with Crippen LogP contribution in [0.4, 0.5) is 10.5 Å². The molecule has 0 spiro atoms. The van der Waals surface area contributed by atoms with Crippen LogP contribution in [-0.4, -0.2) is 38.7 Å². The van der Waals surface area contributed by atoms with E-state index in [1.165, 1.54) is 12.1 Å². The van der Waals surface area contributed by atoms with Gasteiger partial charge in [-0.15, -0.1) is 0 Å². The lowest BCUT2D eigenvalue weighted by atomic mass is 10.0. The van der Waals surface area contributed by atoms with Crippen molar-refractivity contribution in [3.05, 3.63) is 83.9 Å². The van der Waals surface area contributed by atoms with E-state index in [0.717, 1.165) is 5.56 Å². The summed E-state index contributed by atoms with van der Waals surface area (Å²) in [5.41, 5.74) is 1.07. The maximum Gasteiger partial charge on any atom is 0.407 e. The molecule has 1 unspecified atom stereocenters. The Hall–Kier alpha value is -4.25. The van der Waals surface area contributed by atoms with E-state index >= 15 is 0 Å². The first-order valence-corrected chi connectivity index (χ1v) is 15.1. The molecule has 3 rings (SSSR count). The normalized spacial score (nSPS) is 12.3. The van der Waals surface area contributed by atoms with Crippen LogP contribution in [0.1, 0.15) is 58.7 Å². The molecule has 0 heterocycles. The molecular formula is C31H39N3O7S. The summed E-state index contributed by atoms with van der Waals surface area (Å²) in [7, 11) is -4.15. The van der Waals surface area contributed by atoms with Crippen LogP contribution in [0.3, 0.4) is 0 Å². The summed E-state index contributed by atoms with van der Waals surface area (Å²) in [5, 5.41) is 5.85. The monoisotopic (exact) mass is 597 g/mol. The summed E-state index contributed by atoms with van der Waals surface area (Å²) in [6, 6.07) is 18.6. The Morgan fingerprint density at radius 3 is 2.26 bits per heavy atom. The van der Waals surface area contributed by atoms with Crippen LogP contribution in [0.25, 0.3) is 0 Å². The molecule has 2 amide bonds. The van der Waals surface area contributed by atoms with Gasteiger partial charge in [0.2, 0.25) is 0 Å². The minimum Gasteiger partial charge on any atom is -0.490 e. The lowest BCUT2D eigenvalue weighted by molar-refractivity contribution is -0.120. The van der Waals surface area contributed by atoms with E-state index < -0.39 is 33.7 Å². The number of carbonyl (C=O) groups is 2. The van der Waals surface area contributed by atoms with Gasteiger partial charge in [-0.1, -0.05) is 36.4 Å². The van der Waals surface area contributed by atoms with Gasteiger partial charge in [-0.2, -0.15) is 0 Å². The Kier molecular flexibility index (Phi) is 10.8. The number of nitrogens with one attached hydrogen (secondary N) is 3. The van der Waals surface area contributed by atoms with E-state index in [2.05, 4.69) is 15.4 Å². The fourth-order valence-electron chi connectivity index (χ4n) is 3.90. The van der Waals surface area contributed by atoms with Gasteiger partial charge >= 0.3 is 6.09 Å². The summed E-state index contributed by atoms with van der Waals surface area (Å²) >= 11 is 0. The lowest BCUT2D eigenvalue weighted by Gasteiger charge is -2.22. The van der Waals surface area contributed by atoms with Crippen LogP contribution >= 0.6 is 0 Å². The zero-order chi connectivity index (χ0) is 30.9. The maximum absolute atomic E-state index is 13.6. The Labute approximate surface area is 247 Å². The first-order chi connectivity index (χ1) is 19.8. The molecule has 0 aliphatic heterocycles. The van der Waals surface area contributed by atoms with Crippen molar-refractivity contribution in [2.24, 2.45) is 0 Å². The molecule has 0 aromatic heterocycles. The van der Waals surface area contributed by atoms with E-state index in [1.807, 2.05) is 26.8 Å². The van der Waals surface area contributed by atoms with E-state index in [0.29, 0.717) is 29.4 Å². The second-order valence-corrected chi connectivity index (χ2v) is 12.4. The molecule has 0 bridgehead atoms. The third-order valence-corrected chi connectivity index (χ3v) is 6.95. The van der Waals surface area contributed by atoms with Gasteiger partial charge in [0.15, 0.2) is 11.5 Å². The highest BCUT2D eigenvalue weighted by atomic mass is 32.2. The topological polar surface area (TPSA) is 132 Å². The fraction of sp³-hybridized carbons (Fsp3) is 0.355. The van der Waals surface area contributed by atoms with E-state index in [9.17, 15) is 18.0 Å². The molecule has 0 saturated heterocycles. The van der Waals surface area contributed by atoms with Crippen LogP contribution in [0.5, 0.6) is 11.5 Å². The van der Waals surface area contributed by atoms with E-state index in [-0.39, 0.29) is 17.5 Å². The zero-order valence-electron chi connectivity index (χ0n) is 24.8. The Bertz CT molecular complexity index is 1470. The number of hydrogen-bond acceptors (Lipinski definition) is 8. The van der Waals surface area contributed by atoms with Crippen molar-refractivity contribution in [2.45, 2.75) is 70.7 Å². The van der Waals surface area contributed by atoms with Crippen LogP contribution in [-0.2, 0) is 26.1 Å². The molecule has 11 heteroatoms. The fourth-order valence-corrected chi connectivity index (χ4v) is 4.92. The summed E-state index contributed by atoms with van der Waals surface area (Å²) in [5.74, 6) is 0.127. The molecule has 0 aliphatic carbocycles. The molecule has 0 fully saturated rings. The molecule has 1 atom stereocenters. The van der Waals surface area contributed by atoms with Gasteiger partial charge in [-0.3, -0.25) is 4.79 Å². The highest BCUT2D eigenvalue weighted by Gasteiger charge is 2.27. The lowest BCUT2D eigenvalue weighted by Crippen LogP contribution is -2.37. The smallest absolute Gasteiger partial charge is 0.407 e. The van der Waals surface area contributed by atoms with Crippen LogP contribution in [0, 0.1) is 0 Å².